The van der Waals surface area contributed by atoms with Crippen LogP contribution < -0.4 is 0 Å². The van der Waals surface area contributed by atoms with Crippen LogP contribution in [0.3, 0.4) is 0 Å². The van der Waals surface area contributed by atoms with Crippen LogP contribution in [-0.4, -0.2) is 0 Å². The molecule has 1 atom stereocenters. The van der Waals surface area contributed by atoms with E-state index in [0.29, 0.717) is 0 Å². The molecule has 0 spiro atoms. The molecule has 0 saturated carbocycles. The van der Waals surface area contributed by atoms with E-state index in [9.17, 15) is 0 Å². The van der Waals surface area contributed by atoms with Crippen molar-refractivity contribution in [3.05, 3.63) is 106 Å². The average molecular weight is 472 g/mol. The van der Waals surface area contributed by atoms with E-state index in [2.05, 4.69) is 78.9 Å². The third kappa shape index (κ3) is 3.75. The predicted molar refractivity (Wildman–Crippen MR) is 115 cm³/mol. The van der Waals surface area contributed by atoms with Gasteiger partial charge < -0.3 is 0 Å². The van der Waals surface area contributed by atoms with Crippen LogP contribution in [0, 0.1) is 0 Å². The Morgan fingerprint density at radius 2 is 1.41 bits per heavy atom. The maximum atomic E-state index is 2.47. The molecule has 0 aromatic heterocycles. The van der Waals surface area contributed by atoms with Gasteiger partial charge in [0.15, 0.2) is 0 Å². The first kappa shape index (κ1) is 20.6. The van der Waals surface area contributed by atoms with Crippen molar-refractivity contribution in [3.8, 4) is 0 Å². The fraction of sp³-hybridized carbons (Fsp3) is 0.167. The molecule has 3 heteroatoms. The molecule has 0 heterocycles. The van der Waals surface area contributed by atoms with Gasteiger partial charge in [0.05, 0.1) is 0 Å². The molecule has 2 aromatic rings. The summed E-state index contributed by atoms with van der Waals surface area (Å²) in [5.41, 5.74) is 10.2. The van der Waals surface area contributed by atoms with E-state index in [0.717, 1.165) is 19.3 Å². The maximum absolute atomic E-state index is 2.47. The Kier molecular flexibility index (Phi) is 6.16. The molecule has 135 valence electrons. The monoisotopic (exact) mass is 469 g/mol. The molecule has 27 heavy (non-hydrogen) atoms. The number of rotatable bonds is 2. The van der Waals surface area contributed by atoms with E-state index in [1.54, 1.807) is 30.3 Å². The fourth-order valence-electron chi connectivity index (χ4n) is 4.15. The Labute approximate surface area is 188 Å². The minimum atomic E-state index is 0. The topological polar surface area (TPSA) is 0 Å². The first-order valence-corrected chi connectivity index (χ1v) is 10.2. The van der Waals surface area contributed by atoms with Crippen LogP contribution in [0.2, 0.25) is 3.12 Å². The Balaban J connectivity index is 0.00000105. The molecule has 0 N–H and O–H groups in total. The van der Waals surface area contributed by atoms with Crippen molar-refractivity contribution < 1.29 is 24.7 Å². The van der Waals surface area contributed by atoms with Crippen molar-refractivity contribution in [2.24, 2.45) is 0 Å². The number of hydrogen-bond donors (Lipinski definition) is 0. The molecule has 0 fully saturated rings. The van der Waals surface area contributed by atoms with Crippen LogP contribution in [0.4, 0.5) is 0 Å². The summed E-state index contributed by atoms with van der Waals surface area (Å²) >= 11 is 1.59. The van der Waals surface area contributed by atoms with Gasteiger partial charge in [-0.1, -0.05) is 0 Å². The van der Waals surface area contributed by atoms with Crippen molar-refractivity contribution in [3.63, 3.8) is 0 Å². The van der Waals surface area contributed by atoms with Gasteiger partial charge in [-0.05, 0) is 0 Å². The van der Waals surface area contributed by atoms with E-state index in [4.69, 9.17) is 0 Å². The van der Waals surface area contributed by atoms with E-state index < -0.39 is 0 Å². The van der Waals surface area contributed by atoms with Gasteiger partial charge in [-0.15, -0.1) is 24.8 Å². The minimum absolute atomic E-state index is 0. The molecular weight excluding hydrogens is 450 g/mol. The molecule has 0 amide bonds. The van der Waals surface area contributed by atoms with E-state index >= 15 is 0 Å². The zero-order valence-corrected chi connectivity index (χ0v) is 19.0. The van der Waals surface area contributed by atoms with E-state index in [1.807, 2.05) is 0 Å². The second-order valence-corrected chi connectivity index (χ2v) is 9.45. The molecule has 3 aliphatic carbocycles. The van der Waals surface area contributed by atoms with Crippen molar-refractivity contribution in [1.29, 1.82) is 0 Å². The van der Waals surface area contributed by atoms with Gasteiger partial charge in [0.25, 0.3) is 0 Å². The van der Waals surface area contributed by atoms with Gasteiger partial charge in [0.2, 0.25) is 0 Å². The van der Waals surface area contributed by atoms with Crippen LogP contribution in [0.1, 0.15) is 28.7 Å². The fourth-order valence-corrected chi connectivity index (χ4v) is 5.00. The first-order valence-electron chi connectivity index (χ1n) is 8.93. The van der Waals surface area contributed by atoms with Crippen LogP contribution in [0.5, 0.6) is 0 Å². The van der Waals surface area contributed by atoms with E-state index in [-0.39, 0.29) is 27.9 Å². The molecular formula is C24H21Cl2Zr. The summed E-state index contributed by atoms with van der Waals surface area (Å²) in [5, 5.41) is 0. The average Bonchev–Trinajstić information content (AvgIpc) is 3.26. The SMILES string of the molecule is Cl.Cl.[Zr][C]1(C2=Cc3ccccc3C2)C=CC(C2=Cc3ccccc3C2)=CC1. The van der Waals surface area contributed by atoms with Crippen LogP contribution in [0.25, 0.3) is 12.2 Å². The van der Waals surface area contributed by atoms with Gasteiger partial charge in [0.1, 0.15) is 0 Å². The summed E-state index contributed by atoms with van der Waals surface area (Å²) in [6.07, 6.45) is 15.4. The van der Waals surface area contributed by atoms with Crippen molar-refractivity contribution in [1.82, 2.24) is 0 Å². The second-order valence-electron chi connectivity index (χ2n) is 7.26. The second kappa shape index (κ2) is 8.08. The zero-order valence-electron chi connectivity index (χ0n) is 14.9. The number of allylic oxidation sites excluding steroid dienone is 6. The van der Waals surface area contributed by atoms with Gasteiger partial charge >= 0.3 is 165 Å². The van der Waals surface area contributed by atoms with Gasteiger partial charge in [-0.25, -0.2) is 0 Å². The van der Waals surface area contributed by atoms with Crippen LogP contribution >= 0.6 is 24.8 Å². The molecule has 3 aliphatic rings. The van der Waals surface area contributed by atoms with Crippen LogP contribution in [-0.2, 0) is 37.6 Å². The van der Waals surface area contributed by atoms with E-state index in [1.165, 1.54) is 33.4 Å². The standard InChI is InChI=1S/C24H19.2ClH.Zr/c1-2-6-20-14-23(13-19(20)5-1)17-9-11-18(12-10-17)24-15-21-7-3-4-8-22(21)16-24;;;/h1-11,13,15H,12,14,16H2;2*1H;. The normalized spacial score (nSPS) is 21.8. The third-order valence-corrected chi connectivity index (χ3v) is 7.37. The summed E-state index contributed by atoms with van der Waals surface area (Å²) in [5.74, 6) is 0. The van der Waals surface area contributed by atoms with Crippen LogP contribution in [0.15, 0.2) is 83.5 Å². The Morgan fingerprint density at radius 3 is 2.00 bits per heavy atom. The molecule has 0 nitrogen and oxygen atoms in total. The predicted octanol–water partition coefficient (Wildman–Crippen LogP) is 6.70. The Morgan fingerprint density at radius 1 is 0.778 bits per heavy atom. The molecule has 5 rings (SSSR count). The van der Waals surface area contributed by atoms with Gasteiger partial charge in [0, 0.05) is 0 Å². The summed E-state index contributed by atoms with van der Waals surface area (Å²) in [6.45, 7) is 0. The molecule has 0 saturated heterocycles. The molecule has 2 aromatic carbocycles. The quantitative estimate of drug-likeness (QED) is 0.457. The third-order valence-electron chi connectivity index (χ3n) is 5.67. The molecule has 1 unspecified atom stereocenters. The summed E-state index contributed by atoms with van der Waals surface area (Å²) in [6, 6.07) is 17.6. The van der Waals surface area contributed by atoms with Gasteiger partial charge in [-0.2, -0.15) is 0 Å². The number of hydrogen-bond acceptors (Lipinski definition) is 0. The molecule has 0 radical (unpaired) electrons. The number of halogens is 2. The van der Waals surface area contributed by atoms with Crippen molar-refractivity contribution in [2.75, 3.05) is 0 Å². The zero-order chi connectivity index (χ0) is 16.9. The van der Waals surface area contributed by atoms with Crippen molar-refractivity contribution in [2.45, 2.75) is 22.4 Å². The summed E-state index contributed by atoms with van der Waals surface area (Å²) in [4.78, 5) is 0. The summed E-state index contributed by atoms with van der Waals surface area (Å²) in [7, 11) is 0. The van der Waals surface area contributed by atoms with Crippen molar-refractivity contribution >= 4 is 37.0 Å². The Bertz CT molecular complexity index is 997. The number of fused-ring (bicyclic) bond motifs is 2. The first-order chi connectivity index (χ1) is 12.2. The number of benzene rings is 2. The summed E-state index contributed by atoms with van der Waals surface area (Å²) < 4.78 is 0.237. The Hall–Kier alpha value is -1.14. The molecule has 0 aliphatic heterocycles. The molecule has 0 bridgehead atoms. The van der Waals surface area contributed by atoms with Gasteiger partial charge in [-0.3, -0.25) is 0 Å².